The molecule has 2 rings (SSSR count). The van der Waals surface area contributed by atoms with Crippen molar-refractivity contribution in [2.75, 3.05) is 0 Å². The van der Waals surface area contributed by atoms with Crippen molar-refractivity contribution in [2.24, 2.45) is 5.73 Å². The summed E-state index contributed by atoms with van der Waals surface area (Å²) in [5.41, 5.74) is 7.51. The zero-order valence-electron chi connectivity index (χ0n) is 9.82. The first kappa shape index (κ1) is 12.8. The van der Waals surface area contributed by atoms with Gasteiger partial charge in [0.2, 0.25) is 0 Å². The molecule has 0 fully saturated rings. The minimum atomic E-state index is -0.269. The van der Waals surface area contributed by atoms with Crippen molar-refractivity contribution in [3.63, 3.8) is 0 Å². The van der Waals surface area contributed by atoms with Crippen LogP contribution in [0.2, 0.25) is 0 Å². The second-order valence-electron chi connectivity index (χ2n) is 4.24. The van der Waals surface area contributed by atoms with E-state index in [9.17, 15) is 0 Å². The summed E-state index contributed by atoms with van der Waals surface area (Å²) in [5.74, 6) is 0. The summed E-state index contributed by atoms with van der Waals surface area (Å²) >= 11 is 5.34. The fourth-order valence-corrected chi connectivity index (χ4v) is 3.56. The molecule has 1 atom stereocenters. The van der Waals surface area contributed by atoms with Crippen molar-refractivity contribution in [3.05, 3.63) is 56.7 Å². The number of halogens is 1. The Labute approximate surface area is 115 Å². The van der Waals surface area contributed by atoms with Gasteiger partial charge >= 0.3 is 0 Å². The molecule has 90 valence electrons. The molecule has 0 aliphatic heterocycles. The third kappa shape index (κ3) is 2.79. The van der Waals surface area contributed by atoms with Crippen LogP contribution in [0.3, 0.4) is 0 Å². The second kappa shape index (κ2) is 5.34. The first-order valence-corrected chi connectivity index (χ1v) is 7.39. The van der Waals surface area contributed by atoms with Crippen LogP contribution in [0, 0.1) is 0 Å². The zero-order chi connectivity index (χ0) is 12.3. The number of benzene rings is 1. The van der Waals surface area contributed by atoms with Gasteiger partial charge in [-0.3, -0.25) is 0 Å². The van der Waals surface area contributed by atoms with Crippen LogP contribution in [0.15, 0.2) is 46.3 Å². The molecule has 0 saturated heterocycles. The Bertz CT molecular complexity index is 480. The molecule has 0 aliphatic carbocycles. The Balaban J connectivity index is 2.30. The molecule has 1 heterocycles. The van der Waals surface area contributed by atoms with Crippen LogP contribution < -0.4 is 5.73 Å². The van der Waals surface area contributed by atoms with Crippen LogP contribution in [-0.4, -0.2) is 0 Å². The normalized spacial score (nSPS) is 14.5. The molecule has 1 aromatic heterocycles. The van der Waals surface area contributed by atoms with E-state index in [1.54, 1.807) is 11.3 Å². The fourth-order valence-electron chi connectivity index (χ4n) is 1.94. The van der Waals surface area contributed by atoms with E-state index in [1.807, 2.05) is 6.07 Å². The van der Waals surface area contributed by atoms with Crippen LogP contribution in [0.5, 0.6) is 0 Å². The number of rotatable bonds is 4. The lowest BCUT2D eigenvalue weighted by molar-refractivity contribution is 0.427. The van der Waals surface area contributed by atoms with Gasteiger partial charge in [0, 0.05) is 21.3 Å². The first-order chi connectivity index (χ1) is 8.15. The number of thiophene rings is 1. The van der Waals surface area contributed by atoms with E-state index in [0.717, 1.165) is 12.8 Å². The van der Waals surface area contributed by atoms with Gasteiger partial charge in [0.05, 0.1) is 0 Å². The number of nitrogens with two attached hydrogens (primary N) is 1. The Morgan fingerprint density at radius 1 is 1.24 bits per heavy atom. The van der Waals surface area contributed by atoms with Crippen molar-refractivity contribution in [3.8, 4) is 0 Å². The van der Waals surface area contributed by atoms with E-state index in [2.05, 4.69) is 58.6 Å². The highest BCUT2D eigenvalue weighted by molar-refractivity contribution is 9.10. The lowest BCUT2D eigenvalue weighted by atomic mass is 9.85. The smallest absolute Gasteiger partial charge is 0.0456 e. The predicted octanol–water partition coefficient (Wildman–Crippen LogP) is 4.32. The molecule has 0 saturated carbocycles. The minimum absolute atomic E-state index is 0.269. The maximum absolute atomic E-state index is 6.56. The van der Waals surface area contributed by atoms with Crippen LogP contribution in [0.25, 0.3) is 0 Å². The van der Waals surface area contributed by atoms with Crippen molar-refractivity contribution in [1.82, 2.24) is 0 Å². The summed E-state index contributed by atoms with van der Waals surface area (Å²) in [6.45, 7) is 2.15. The molecule has 2 N–H and O–H groups in total. The average Bonchev–Trinajstić information content (AvgIpc) is 2.76. The van der Waals surface area contributed by atoms with Crippen molar-refractivity contribution in [2.45, 2.75) is 25.3 Å². The van der Waals surface area contributed by atoms with Crippen molar-refractivity contribution in [1.29, 1.82) is 0 Å². The van der Waals surface area contributed by atoms with Crippen LogP contribution in [0.1, 0.15) is 23.8 Å². The molecule has 0 spiro atoms. The summed E-state index contributed by atoms with van der Waals surface area (Å²) in [6.07, 6.45) is 1.81. The van der Waals surface area contributed by atoms with Gasteiger partial charge in [-0.15, -0.1) is 11.3 Å². The van der Waals surface area contributed by atoms with Crippen LogP contribution in [-0.2, 0) is 12.0 Å². The summed E-state index contributed by atoms with van der Waals surface area (Å²) in [7, 11) is 0. The van der Waals surface area contributed by atoms with Crippen LogP contribution in [0.4, 0.5) is 0 Å². The van der Waals surface area contributed by atoms with E-state index in [4.69, 9.17) is 5.73 Å². The molecular weight excluding hydrogens is 294 g/mol. The molecule has 1 aromatic carbocycles. The van der Waals surface area contributed by atoms with E-state index in [0.29, 0.717) is 0 Å². The number of hydrogen-bond acceptors (Lipinski definition) is 2. The van der Waals surface area contributed by atoms with Gasteiger partial charge in [-0.05, 0) is 39.4 Å². The van der Waals surface area contributed by atoms with Gasteiger partial charge in [-0.1, -0.05) is 37.3 Å². The Morgan fingerprint density at radius 2 is 1.94 bits per heavy atom. The maximum Gasteiger partial charge on any atom is 0.0456 e. The van der Waals surface area contributed by atoms with E-state index < -0.39 is 0 Å². The molecule has 1 unspecified atom stereocenters. The lowest BCUT2D eigenvalue weighted by Crippen LogP contribution is -2.38. The molecule has 0 bridgehead atoms. The summed E-state index contributed by atoms with van der Waals surface area (Å²) in [4.78, 5) is 1.32. The molecular formula is C14H16BrNS. The Morgan fingerprint density at radius 3 is 2.47 bits per heavy atom. The third-order valence-corrected chi connectivity index (χ3v) is 5.07. The highest BCUT2D eigenvalue weighted by Gasteiger charge is 2.26. The zero-order valence-corrected chi connectivity index (χ0v) is 12.2. The van der Waals surface area contributed by atoms with Gasteiger partial charge in [0.25, 0.3) is 0 Å². The first-order valence-electron chi connectivity index (χ1n) is 5.72. The summed E-state index contributed by atoms with van der Waals surface area (Å²) in [5, 5.41) is 2.10. The standard InChI is InChI=1S/C14H16BrNS/c1-2-14(16,11-6-4-3-5-7-11)10-13-12(15)8-9-17-13/h3-9H,2,10,16H2,1H3. The maximum atomic E-state index is 6.56. The summed E-state index contributed by atoms with van der Waals surface area (Å²) in [6, 6.07) is 12.4. The quantitative estimate of drug-likeness (QED) is 0.894. The van der Waals surface area contributed by atoms with Crippen molar-refractivity contribution >= 4 is 27.3 Å². The minimum Gasteiger partial charge on any atom is -0.321 e. The molecule has 17 heavy (non-hydrogen) atoms. The molecule has 1 nitrogen and oxygen atoms in total. The molecule has 3 heteroatoms. The largest absolute Gasteiger partial charge is 0.321 e. The van der Waals surface area contributed by atoms with Crippen molar-refractivity contribution < 1.29 is 0 Å². The average molecular weight is 310 g/mol. The highest BCUT2D eigenvalue weighted by Crippen LogP contribution is 2.32. The number of hydrogen-bond donors (Lipinski definition) is 1. The van der Waals surface area contributed by atoms with Gasteiger partial charge in [0.15, 0.2) is 0 Å². The van der Waals surface area contributed by atoms with E-state index in [1.165, 1.54) is 14.9 Å². The topological polar surface area (TPSA) is 26.0 Å². The second-order valence-corrected chi connectivity index (χ2v) is 6.10. The van der Waals surface area contributed by atoms with E-state index in [-0.39, 0.29) is 5.54 Å². The van der Waals surface area contributed by atoms with Gasteiger partial charge < -0.3 is 5.73 Å². The van der Waals surface area contributed by atoms with Crippen LogP contribution >= 0.6 is 27.3 Å². The summed E-state index contributed by atoms with van der Waals surface area (Å²) < 4.78 is 1.17. The van der Waals surface area contributed by atoms with Gasteiger partial charge in [-0.25, -0.2) is 0 Å². The molecule has 2 aromatic rings. The Kier molecular flexibility index (Phi) is 4.02. The SMILES string of the molecule is CCC(N)(Cc1sccc1Br)c1ccccc1. The molecule has 0 radical (unpaired) electrons. The van der Waals surface area contributed by atoms with Gasteiger partial charge in [0.1, 0.15) is 0 Å². The predicted molar refractivity (Wildman–Crippen MR) is 78.3 cm³/mol. The fraction of sp³-hybridized carbons (Fsp3) is 0.286. The monoisotopic (exact) mass is 309 g/mol. The molecule has 0 aliphatic rings. The lowest BCUT2D eigenvalue weighted by Gasteiger charge is -2.28. The van der Waals surface area contributed by atoms with E-state index >= 15 is 0 Å². The third-order valence-electron chi connectivity index (χ3n) is 3.15. The Hall–Kier alpha value is -0.640. The van der Waals surface area contributed by atoms with Gasteiger partial charge in [-0.2, -0.15) is 0 Å². The highest BCUT2D eigenvalue weighted by atomic mass is 79.9. The molecule has 0 amide bonds.